The normalized spacial score (nSPS) is 11.9. The molecule has 3 aromatic heterocycles. The first kappa shape index (κ1) is 30.7. The highest BCUT2D eigenvalue weighted by molar-refractivity contribution is 7.85. The highest BCUT2D eigenvalue weighted by atomic mass is 32.1. The van der Waals surface area contributed by atoms with Crippen LogP contribution in [0.1, 0.15) is 0 Å². The van der Waals surface area contributed by atoms with Gasteiger partial charge in [-0.2, -0.15) is 0 Å². The molecule has 52 heavy (non-hydrogen) atoms. The molecule has 0 N–H and O–H groups in total. The lowest BCUT2D eigenvalue weighted by Gasteiger charge is -2.20. The molecule has 0 unspecified atom stereocenters. The van der Waals surface area contributed by atoms with E-state index in [-0.39, 0.29) is 0 Å². The fraction of sp³-hybridized carbons (Fsp3) is 0. The third-order valence-corrected chi connectivity index (χ3v) is 14.3. The third kappa shape index (κ3) is 4.80. The van der Waals surface area contributed by atoms with Gasteiger partial charge in [-0.1, -0.05) is 170 Å². The number of benzene rings is 7. The van der Waals surface area contributed by atoms with Crippen LogP contribution in [0.5, 0.6) is 0 Å². The first-order valence-electron chi connectivity index (χ1n) is 17.3. The second-order valence-corrected chi connectivity index (χ2v) is 16.7. The molecular weight excluding hydrogens is 674 g/mol. The number of para-hydroxylation sites is 3. The summed E-state index contributed by atoms with van der Waals surface area (Å²) < 4.78 is 23.1. The Kier molecular flexibility index (Phi) is 7.28. The molecule has 0 spiro atoms. The zero-order chi connectivity index (χ0) is 34.6. The van der Waals surface area contributed by atoms with Gasteiger partial charge in [-0.05, 0) is 17.7 Å². The minimum Gasteiger partial charge on any atom is -0.455 e. The van der Waals surface area contributed by atoms with Gasteiger partial charge in [0.2, 0.25) is 0 Å². The van der Waals surface area contributed by atoms with Gasteiger partial charge >= 0.3 is 0 Å². The largest absolute Gasteiger partial charge is 0.455 e. The van der Waals surface area contributed by atoms with Crippen LogP contribution in [0.25, 0.3) is 75.8 Å². The quantitative estimate of drug-likeness (QED) is 0.162. The lowest BCUT2D eigenvalue weighted by atomic mass is 9.94. The van der Waals surface area contributed by atoms with E-state index in [0.29, 0.717) is 0 Å². The molecule has 0 aliphatic heterocycles. The van der Waals surface area contributed by atoms with Crippen LogP contribution in [0, 0.1) is 0 Å². The Labute approximate surface area is 304 Å². The molecule has 0 saturated heterocycles. The number of furan rings is 1. The van der Waals surface area contributed by atoms with E-state index in [9.17, 15) is 0 Å². The number of nitrogens with zero attached hydrogens (tertiary/aromatic N) is 1. The summed E-state index contributed by atoms with van der Waals surface area (Å²) in [5.41, 5.74) is 7.82. The average Bonchev–Trinajstić information content (AvgIpc) is 3.81. The molecule has 0 aliphatic carbocycles. The fourth-order valence-corrected chi connectivity index (χ4v) is 11.5. The second-order valence-electron chi connectivity index (χ2n) is 13.0. The van der Waals surface area contributed by atoms with Crippen LogP contribution in [0.4, 0.5) is 0 Å². The van der Waals surface area contributed by atoms with Crippen molar-refractivity contribution in [1.82, 2.24) is 4.98 Å². The highest BCUT2D eigenvalue weighted by Gasteiger charge is 2.30. The van der Waals surface area contributed by atoms with E-state index in [1.165, 1.54) is 4.70 Å². The predicted molar refractivity (Wildman–Crippen MR) is 220 cm³/mol. The van der Waals surface area contributed by atoms with Crippen molar-refractivity contribution in [2.24, 2.45) is 0 Å². The fourth-order valence-electron chi connectivity index (χ4n) is 7.54. The second kappa shape index (κ2) is 12.3. The molecule has 0 fully saturated rings. The molecule has 10 aromatic rings. The van der Waals surface area contributed by atoms with Crippen molar-refractivity contribution >= 4 is 77.3 Å². The van der Waals surface area contributed by atoms with Crippen LogP contribution < -0.4 is 15.9 Å². The first-order chi connectivity index (χ1) is 25.7. The van der Waals surface area contributed by atoms with Gasteiger partial charge in [0.05, 0.1) is 11.2 Å². The van der Waals surface area contributed by atoms with E-state index in [4.69, 9.17) is 9.40 Å². The van der Waals surface area contributed by atoms with E-state index >= 15 is 4.57 Å². The Hall–Kier alpha value is -6.06. The van der Waals surface area contributed by atoms with E-state index < -0.39 is 7.14 Å². The van der Waals surface area contributed by atoms with Gasteiger partial charge in [-0.3, -0.25) is 0 Å². The number of aromatic nitrogens is 1. The van der Waals surface area contributed by atoms with Crippen molar-refractivity contribution in [2.75, 3.05) is 0 Å². The summed E-state index contributed by atoms with van der Waals surface area (Å²) in [5.74, 6) is 0. The molecule has 0 aliphatic rings. The van der Waals surface area contributed by atoms with Crippen molar-refractivity contribution in [3.63, 3.8) is 0 Å². The summed E-state index contributed by atoms with van der Waals surface area (Å²) >= 11 is 1.78. The molecule has 0 bridgehead atoms. The zero-order valence-electron chi connectivity index (χ0n) is 27.9. The van der Waals surface area contributed by atoms with Crippen LogP contribution in [0.2, 0.25) is 0 Å². The molecule has 0 radical (unpaired) electrons. The SMILES string of the molecule is O=P(c1ccccc1)(c1ccccc1)c1ccc(-c2sc3c(c(-c4ccccc4)nc4ccccc43)c2-c2cccc3c2oc2ccccc23)cc1. The Balaban J connectivity index is 1.28. The average molecular weight is 704 g/mol. The van der Waals surface area contributed by atoms with Gasteiger partial charge in [0.1, 0.15) is 11.2 Å². The van der Waals surface area contributed by atoms with Crippen LogP contribution in [-0.4, -0.2) is 4.98 Å². The van der Waals surface area contributed by atoms with Gasteiger partial charge in [-0.15, -0.1) is 11.3 Å². The molecule has 0 atom stereocenters. The summed E-state index contributed by atoms with van der Waals surface area (Å²) in [5, 5.41) is 6.82. The van der Waals surface area contributed by atoms with Gasteiger partial charge < -0.3 is 8.98 Å². The number of fused-ring (bicyclic) bond motifs is 6. The Bertz CT molecular complexity index is 2930. The van der Waals surface area contributed by atoms with E-state index in [1.54, 1.807) is 11.3 Å². The van der Waals surface area contributed by atoms with Crippen molar-refractivity contribution in [3.8, 4) is 32.8 Å². The number of pyridine rings is 1. The lowest BCUT2D eigenvalue weighted by Crippen LogP contribution is -2.24. The number of hydrogen-bond acceptors (Lipinski definition) is 4. The molecule has 7 aromatic carbocycles. The molecule has 3 heterocycles. The maximum absolute atomic E-state index is 15.3. The van der Waals surface area contributed by atoms with Crippen LogP contribution in [-0.2, 0) is 4.57 Å². The molecule has 5 heteroatoms. The Morgan fingerprint density at radius 3 is 1.79 bits per heavy atom. The summed E-state index contributed by atoms with van der Waals surface area (Å²) in [6.07, 6.45) is 0. The van der Waals surface area contributed by atoms with Crippen molar-refractivity contribution in [1.29, 1.82) is 0 Å². The zero-order valence-corrected chi connectivity index (χ0v) is 29.7. The van der Waals surface area contributed by atoms with Crippen molar-refractivity contribution in [3.05, 3.63) is 182 Å². The predicted octanol–water partition coefficient (Wildman–Crippen LogP) is 12.0. The van der Waals surface area contributed by atoms with Crippen LogP contribution in [0.3, 0.4) is 0 Å². The van der Waals surface area contributed by atoms with E-state index in [2.05, 4.69) is 103 Å². The van der Waals surface area contributed by atoms with Gasteiger partial charge in [0.15, 0.2) is 7.14 Å². The Morgan fingerprint density at radius 2 is 1.08 bits per heavy atom. The first-order valence-corrected chi connectivity index (χ1v) is 19.8. The van der Waals surface area contributed by atoms with Crippen LogP contribution >= 0.6 is 18.5 Å². The maximum Gasteiger partial charge on any atom is 0.171 e. The van der Waals surface area contributed by atoms with Gasteiger partial charge in [0, 0.05) is 63.7 Å². The van der Waals surface area contributed by atoms with Crippen molar-refractivity contribution in [2.45, 2.75) is 0 Å². The smallest absolute Gasteiger partial charge is 0.171 e. The summed E-state index contributed by atoms with van der Waals surface area (Å²) in [7, 11) is -3.14. The third-order valence-electron chi connectivity index (χ3n) is 9.98. The maximum atomic E-state index is 15.3. The molecule has 246 valence electrons. The summed E-state index contributed by atoms with van der Waals surface area (Å²) in [6, 6.07) is 61.6. The number of hydrogen-bond donors (Lipinski definition) is 0. The van der Waals surface area contributed by atoms with E-state index in [0.717, 1.165) is 87.0 Å². The standard InChI is InChI=1S/C47H30NO2PS/c49-51(33-17-6-2-7-18-33,34-19-8-3-9-20-34)35-29-27-32(28-30-35)46-42(39-24-14-23-37-36-21-11-13-26-41(36)50-45(37)39)43-44(31-15-4-1-5-16-31)48-40-25-12-10-22-38(40)47(43)52-46/h1-30H. The van der Waals surface area contributed by atoms with E-state index in [1.807, 2.05) is 78.9 Å². The minimum atomic E-state index is -3.14. The van der Waals surface area contributed by atoms with Crippen molar-refractivity contribution < 1.29 is 8.98 Å². The minimum absolute atomic E-state index is 0.799. The van der Waals surface area contributed by atoms with Gasteiger partial charge in [0.25, 0.3) is 0 Å². The summed E-state index contributed by atoms with van der Waals surface area (Å²) in [4.78, 5) is 6.45. The number of thiophene rings is 1. The monoisotopic (exact) mass is 703 g/mol. The summed E-state index contributed by atoms with van der Waals surface area (Å²) in [6.45, 7) is 0. The molecule has 0 saturated carbocycles. The molecular formula is C47H30NO2PS. The number of rotatable bonds is 6. The Morgan fingerprint density at radius 1 is 0.500 bits per heavy atom. The lowest BCUT2D eigenvalue weighted by molar-refractivity contribution is 0.592. The highest BCUT2D eigenvalue weighted by Crippen LogP contribution is 2.52. The topological polar surface area (TPSA) is 43.1 Å². The van der Waals surface area contributed by atoms with Gasteiger partial charge in [-0.25, -0.2) is 4.98 Å². The molecule has 10 rings (SSSR count). The van der Waals surface area contributed by atoms with Crippen LogP contribution in [0.15, 0.2) is 186 Å². The molecule has 3 nitrogen and oxygen atoms in total. The molecule has 0 amide bonds.